The molecular formula is C31H32N2O2. The first-order valence-corrected chi connectivity index (χ1v) is 12.4. The fourth-order valence-electron chi connectivity index (χ4n) is 5.01. The molecule has 0 saturated carbocycles. The number of rotatable bonds is 9. The summed E-state index contributed by atoms with van der Waals surface area (Å²) >= 11 is 0. The lowest BCUT2D eigenvalue weighted by atomic mass is 9.97. The van der Waals surface area contributed by atoms with Crippen LogP contribution in [0, 0.1) is 0 Å². The molecule has 1 aromatic heterocycles. The Morgan fingerprint density at radius 3 is 2.11 bits per heavy atom. The van der Waals surface area contributed by atoms with E-state index >= 15 is 0 Å². The van der Waals surface area contributed by atoms with Gasteiger partial charge < -0.3 is 20.1 Å². The molecule has 2 atom stereocenters. The highest BCUT2D eigenvalue weighted by molar-refractivity contribution is 6.15. The summed E-state index contributed by atoms with van der Waals surface area (Å²) in [5.74, 6) is 0. The van der Waals surface area contributed by atoms with Gasteiger partial charge >= 0.3 is 0 Å². The van der Waals surface area contributed by atoms with Crippen molar-refractivity contribution in [1.82, 2.24) is 9.88 Å². The quantitative estimate of drug-likeness (QED) is 0.256. The molecule has 0 spiro atoms. The highest BCUT2D eigenvalue weighted by atomic mass is 16.3. The van der Waals surface area contributed by atoms with Crippen LogP contribution in [0.1, 0.15) is 13.3 Å². The Hall–Kier alpha value is -3.44. The first kappa shape index (κ1) is 23.3. The molecule has 0 aliphatic rings. The molecule has 35 heavy (non-hydrogen) atoms. The number of hydrogen-bond acceptors (Lipinski definition) is 3. The maximum absolute atomic E-state index is 11.2. The Morgan fingerprint density at radius 2 is 1.43 bits per heavy atom. The van der Waals surface area contributed by atoms with Gasteiger partial charge in [0, 0.05) is 28.9 Å². The Kier molecular flexibility index (Phi) is 6.96. The van der Waals surface area contributed by atoms with Gasteiger partial charge in [0.25, 0.3) is 0 Å². The molecule has 0 bridgehead atoms. The topological polar surface area (TPSA) is 57.4 Å². The molecule has 3 N–H and O–H groups in total. The molecule has 0 fully saturated rings. The summed E-state index contributed by atoms with van der Waals surface area (Å²) in [7, 11) is 0. The summed E-state index contributed by atoms with van der Waals surface area (Å²) < 4.78 is 2.29. The van der Waals surface area contributed by atoms with Gasteiger partial charge in [-0.15, -0.1) is 0 Å². The zero-order chi connectivity index (χ0) is 24.2. The highest BCUT2D eigenvalue weighted by Gasteiger charge is 2.23. The van der Waals surface area contributed by atoms with Gasteiger partial charge in [-0.05, 0) is 22.9 Å². The van der Waals surface area contributed by atoms with Crippen LogP contribution in [0.3, 0.4) is 0 Å². The Morgan fingerprint density at radius 1 is 0.771 bits per heavy atom. The molecule has 1 heterocycles. The fourth-order valence-corrected chi connectivity index (χ4v) is 5.01. The van der Waals surface area contributed by atoms with E-state index in [1.54, 1.807) is 0 Å². The van der Waals surface area contributed by atoms with E-state index in [2.05, 4.69) is 94.8 Å². The number of aliphatic hydroxyl groups excluding tert-OH is 2. The highest BCUT2D eigenvalue weighted by Crippen LogP contribution is 2.43. The van der Waals surface area contributed by atoms with Crippen molar-refractivity contribution >= 4 is 21.7 Å². The lowest BCUT2D eigenvalue weighted by molar-refractivity contribution is 0.141. The van der Waals surface area contributed by atoms with E-state index in [9.17, 15) is 10.2 Å². The second kappa shape index (κ2) is 10.4. The fraction of sp³-hybridized carbons (Fsp3) is 0.226. The summed E-state index contributed by atoms with van der Waals surface area (Å²) in [6.45, 7) is 2.95. The minimum Gasteiger partial charge on any atom is -0.395 e. The number of hydrogen-bond donors (Lipinski definition) is 3. The predicted molar refractivity (Wildman–Crippen MR) is 145 cm³/mol. The van der Waals surface area contributed by atoms with Crippen molar-refractivity contribution < 1.29 is 10.2 Å². The molecule has 5 aromatic rings. The van der Waals surface area contributed by atoms with Gasteiger partial charge in [0.05, 0.1) is 30.5 Å². The molecule has 5 rings (SSSR count). The van der Waals surface area contributed by atoms with E-state index in [-0.39, 0.29) is 12.6 Å². The largest absolute Gasteiger partial charge is 0.395 e. The Labute approximate surface area is 206 Å². The van der Waals surface area contributed by atoms with E-state index in [1.807, 2.05) is 19.1 Å². The van der Waals surface area contributed by atoms with Crippen LogP contribution < -0.4 is 5.32 Å². The number of aromatic nitrogens is 1. The van der Waals surface area contributed by atoms with Gasteiger partial charge in [0.15, 0.2) is 0 Å². The molecule has 4 aromatic carbocycles. The molecule has 0 amide bonds. The van der Waals surface area contributed by atoms with Gasteiger partial charge in [-0.3, -0.25) is 0 Å². The van der Waals surface area contributed by atoms with Gasteiger partial charge in [-0.1, -0.05) is 104 Å². The van der Waals surface area contributed by atoms with Gasteiger partial charge in [-0.25, -0.2) is 0 Å². The van der Waals surface area contributed by atoms with Crippen LogP contribution in [-0.2, 0) is 6.54 Å². The van der Waals surface area contributed by atoms with Crippen LogP contribution in [0.25, 0.3) is 44.1 Å². The second-order valence-corrected chi connectivity index (χ2v) is 9.10. The third-order valence-corrected chi connectivity index (χ3v) is 6.80. The van der Waals surface area contributed by atoms with E-state index in [4.69, 9.17) is 0 Å². The number of benzene rings is 4. The predicted octanol–water partition coefficient (Wildman–Crippen LogP) is 5.85. The maximum Gasteiger partial charge on any atom is 0.0843 e. The summed E-state index contributed by atoms with van der Waals surface area (Å²) in [6, 6.07) is 33.8. The van der Waals surface area contributed by atoms with Crippen LogP contribution in [0.15, 0.2) is 97.1 Å². The number of fused-ring (bicyclic) bond motifs is 3. The third kappa shape index (κ3) is 4.61. The van der Waals surface area contributed by atoms with Gasteiger partial charge in [-0.2, -0.15) is 0 Å². The van der Waals surface area contributed by atoms with Gasteiger partial charge in [0.2, 0.25) is 0 Å². The molecule has 4 heteroatoms. The van der Waals surface area contributed by atoms with Crippen LogP contribution in [0.4, 0.5) is 0 Å². The number of aliphatic hydroxyl groups is 2. The SMILES string of the molecule is CC[C@H](CO)NC[C@H](O)Cn1c(-c2ccccc2)c(-c2ccccc2)c2ccc3ccccc3c21. The van der Waals surface area contributed by atoms with Crippen LogP contribution in [0.5, 0.6) is 0 Å². The Balaban J connectivity index is 1.75. The molecule has 178 valence electrons. The van der Waals surface area contributed by atoms with Crippen molar-refractivity contribution in [3.63, 3.8) is 0 Å². The first-order valence-electron chi connectivity index (χ1n) is 12.4. The lowest BCUT2D eigenvalue weighted by Crippen LogP contribution is -2.39. The van der Waals surface area contributed by atoms with Crippen molar-refractivity contribution in [2.24, 2.45) is 0 Å². The zero-order valence-corrected chi connectivity index (χ0v) is 20.1. The minimum absolute atomic E-state index is 0.0136. The molecule has 4 nitrogen and oxygen atoms in total. The van der Waals surface area contributed by atoms with Crippen molar-refractivity contribution in [1.29, 1.82) is 0 Å². The number of nitrogens with zero attached hydrogens (tertiary/aromatic N) is 1. The zero-order valence-electron chi connectivity index (χ0n) is 20.1. The summed E-state index contributed by atoms with van der Waals surface area (Å²) in [6.07, 6.45) is 0.199. The molecule has 0 radical (unpaired) electrons. The van der Waals surface area contributed by atoms with Crippen LogP contribution in [-0.4, -0.2) is 40.1 Å². The maximum atomic E-state index is 11.2. The third-order valence-electron chi connectivity index (χ3n) is 6.80. The smallest absolute Gasteiger partial charge is 0.0843 e. The summed E-state index contributed by atoms with van der Waals surface area (Å²) in [5.41, 5.74) is 5.70. The van der Waals surface area contributed by atoms with Crippen molar-refractivity contribution in [3.05, 3.63) is 97.1 Å². The van der Waals surface area contributed by atoms with E-state index < -0.39 is 6.10 Å². The van der Waals surface area contributed by atoms with Crippen molar-refractivity contribution in [3.8, 4) is 22.4 Å². The Bertz CT molecular complexity index is 1410. The molecule has 0 unspecified atom stereocenters. The van der Waals surface area contributed by atoms with E-state index in [0.717, 1.165) is 28.8 Å². The average molecular weight is 465 g/mol. The summed E-state index contributed by atoms with van der Waals surface area (Å²) in [4.78, 5) is 0. The molecule has 0 aliphatic heterocycles. The standard InChI is InChI=1S/C31H32N2O2/c1-2-25(21-34)32-19-26(35)20-33-30(24-14-7-4-8-15-24)29(23-12-5-3-6-13-23)28-18-17-22-11-9-10-16-27(22)31(28)33/h3-18,25-26,32,34-35H,2,19-21H2,1H3/t25-,26+/m1/s1. The van der Waals surface area contributed by atoms with Crippen molar-refractivity contribution in [2.45, 2.75) is 32.0 Å². The number of nitrogens with one attached hydrogen (secondary N) is 1. The van der Waals surface area contributed by atoms with E-state index in [0.29, 0.717) is 13.1 Å². The monoisotopic (exact) mass is 464 g/mol. The normalized spacial score (nSPS) is 13.3. The molecule has 0 saturated heterocycles. The molecule has 0 aliphatic carbocycles. The van der Waals surface area contributed by atoms with Gasteiger partial charge in [0.1, 0.15) is 0 Å². The van der Waals surface area contributed by atoms with Crippen LogP contribution in [0.2, 0.25) is 0 Å². The molecular weight excluding hydrogens is 432 g/mol. The van der Waals surface area contributed by atoms with Crippen molar-refractivity contribution in [2.75, 3.05) is 13.2 Å². The van der Waals surface area contributed by atoms with E-state index in [1.165, 1.54) is 21.7 Å². The summed E-state index contributed by atoms with van der Waals surface area (Å²) in [5, 5.41) is 27.6. The lowest BCUT2D eigenvalue weighted by Gasteiger charge is -2.20. The average Bonchev–Trinajstić information content (AvgIpc) is 3.24. The van der Waals surface area contributed by atoms with Crippen LogP contribution >= 0.6 is 0 Å². The second-order valence-electron chi connectivity index (χ2n) is 9.10. The minimum atomic E-state index is -0.615. The first-order chi connectivity index (χ1) is 17.2.